The van der Waals surface area contributed by atoms with Gasteiger partial charge in [0.1, 0.15) is 78.7 Å². The molecule has 10 N–H and O–H groups in total. The molecule has 4 rings (SSSR count). The lowest BCUT2D eigenvalue weighted by molar-refractivity contribution is -0.381. The zero-order chi connectivity index (χ0) is 29.1. The first-order valence-corrected chi connectivity index (χ1v) is 13.6. The Morgan fingerprint density at radius 3 is 1.68 bits per heavy atom. The van der Waals surface area contributed by atoms with Crippen molar-refractivity contribution < 1.29 is 74.7 Å². The van der Waals surface area contributed by atoms with Crippen molar-refractivity contribution in [3.05, 3.63) is 30.3 Å². The van der Waals surface area contributed by atoms with Crippen LogP contribution < -0.4 is 0 Å². The van der Waals surface area contributed by atoms with Gasteiger partial charge in [-0.2, -0.15) is 0 Å². The van der Waals surface area contributed by atoms with Crippen LogP contribution in [0.1, 0.15) is 0 Å². The van der Waals surface area contributed by atoms with Crippen LogP contribution in [-0.4, -0.2) is 162 Å². The Kier molecular flexibility index (Phi) is 11.1. The number of aliphatic hydroxyl groups is 10. The first-order valence-electron chi connectivity index (χ1n) is 12.7. The third-order valence-corrected chi connectivity index (χ3v) is 8.24. The molecule has 0 amide bonds. The smallest absolute Gasteiger partial charge is 0.187 e. The van der Waals surface area contributed by atoms with E-state index in [1.54, 1.807) is 30.3 Å². The average molecular weight is 597 g/mol. The van der Waals surface area contributed by atoms with Crippen LogP contribution in [-0.2, 0) is 23.7 Å². The Bertz CT molecular complexity index is 914. The molecule has 3 saturated heterocycles. The Balaban J connectivity index is 1.57. The first-order chi connectivity index (χ1) is 19.1. The van der Waals surface area contributed by atoms with E-state index in [0.29, 0.717) is 4.90 Å². The zero-order valence-corrected chi connectivity index (χ0v) is 21.9. The van der Waals surface area contributed by atoms with Crippen molar-refractivity contribution in [3.8, 4) is 0 Å². The highest BCUT2D eigenvalue weighted by Crippen LogP contribution is 2.37. The van der Waals surface area contributed by atoms with Crippen LogP contribution in [0.5, 0.6) is 0 Å². The molecule has 40 heavy (non-hydrogen) atoms. The molecule has 0 aliphatic carbocycles. The molecule has 15 atom stereocenters. The standard InChI is InChI=1S/C24H36O15S/c25-6-10-13(28)16(31)18(33)22(35-10)39-21-17(32)14(29)11(7-26)36-23(21)38-20-15(30)12(8-27)37-24(19(20)34)40-9-4-2-1-3-5-9/h1-5,10-34H,6-8H2/t10-,11-,12-,13-,14-,15-,16+,17+,18-,19+,20+,21-,22-,23-,24?/m1/s1. The monoisotopic (exact) mass is 596 g/mol. The van der Waals surface area contributed by atoms with E-state index < -0.39 is 111 Å². The fourth-order valence-electron chi connectivity index (χ4n) is 4.74. The van der Waals surface area contributed by atoms with Crippen LogP contribution in [0.4, 0.5) is 0 Å². The Morgan fingerprint density at radius 1 is 0.550 bits per heavy atom. The fraction of sp³-hybridized carbons (Fsp3) is 0.750. The summed E-state index contributed by atoms with van der Waals surface area (Å²) in [6, 6.07) is 8.84. The van der Waals surface area contributed by atoms with E-state index >= 15 is 0 Å². The molecule has 3 aliphatic rings. The molecule has 1 unspecified atom stereocenters. The SMILES string of the molecule is OC[C@H]1O[C@H](O[C@H]2[C@@H](O[C@H]3[C@H](O)[C@@H](CO)OC(Sc4ccccc4)[C@H]3O)O[C@H](CO)[C@@H](O)[C@@H]2O)[C@H](O)[C@@H](O)[C@@H]1O. The van der Waals surface area contributed by atoms with E-state index in [2.05, 4.69) is 0 Å². The molecule has 0 radical (unpaired) electrons. The first kappa shape index (κ1) is 31.9. The van der Waals surface area contributed by atoms with Crippen LogP contribution in [0.3, 0.4) is 0 Å². The normalized spacial score (nSPS) is 46.3. The molecular formula is C24H36O15S. The summed E-state index contributed by atoms with van der Waals surface area (Å²) in [6.07, 6.45) is -22.8. The van der Waals surface area contributed by atoms with Gasteiger partial charge in [0.2, 0.25) is 0 Å². The predicted molar refractivity (Wildman–Crippen MR) is 131 cm³/mol. The van der Waals surface area contributed by atoms with Gasteiger partial charge in [-0.05, 0) is 12.1 Å². The van der Waals surface area contributed by atoms with E-state index in [0.717, 1.165) is 11.8 Å². The van der Waals surface area contributed by atoms with Crippen molar-refractivity contribution in [2.75, 3.05) is 19.8 Å². The highest BCUT2D eigenvalue weighted by atomic mass is 32.2. The fourth-order valence-corrected chi connectivity index (χ4v) is 5.82. The highest BCUT2D eigenvalue weighted by molar-refractivity contribution is 7.99. The maximum absolute atomic E-state index is 11.1. The summed E-state index contributed by atoms with van der Waals surface area (Å²) in [4.78, 5) is 0.704. The van der Waals surface area contributed by atoms with E-state index in [1.807, 2.05) is 0 Å². The van der Waals surface area contributed by atoms with Gasteiger partial charge in [-0.25, -0.2) is 0 Å². The second kappa shape index (κ2) is 14.0. The van der Waals surface area contributed by atoms with Crippen LogP contribution in [0.25, 0.3) is 0 Å². The summed E-state index contributed by atoms with van der Waals surface area (Å²) in [6.45, 7) is -2.17. The number of aliphatic hydroxyl groups excluding tert-OH is 10. The zero-order valence-electron chi connectivity index (χ0n) is 21.1. The van der Waals surface area contributed by atoms with Crippen LogP contribution in [0, 0.1) is 0 Å². The second-order valence-corrected chi connectivity index (χ2v) is 10.9. The van der Waals surface area contributed by atoms with Gasteiger partial charge in [0.15, 0.2) is 12.6 Å². The van der Waals surface area contributed by atoms with Gasteiger partial charge in [-0.1, -0.05) is 30.0 Å². The van der Waals surface area contributed by atoms with Crippen molar-refractivity contribution in [2.45, 2.75) is 96.2 Å². The Morgan fingerprint density at radius 2 is 1.07 bits per heavy atom. The van der Waals surface area contributed by atoms with Crippen molar-refractivity contribution in [3.63, 3.8) is 0 Å². The molecule has 3 fully saturated rings. The minimum Gasteiger partial charge on any atom is -0.394 e. The Labute approximate surface area is 233 Å². The summed E-state index contributed by atoms with van der Waals surface area (Å²) in [5, 5.41) is 103. The third-order valence-electron chi connectivity index (χ3n) is 7.07. The molecule has 228 valence electrons. The predicted octanol–water partition coefficient (Wildman–Crippen LogP) is -4.77. The lowest BCUT2D eigenvalue weighted by Crippen LogP contribution is -2.66. The van der Waals surface area contributed by atoms with Gasteiger partial charge in [0, 0.05) is 4.90 Å². The summed E-state index contributed by atoms with van der Waals surface area (Å²) in [5.41, 5.74) is -1.04. The molecule has 1 aromatic carbocycles. The summed E-state index contributed by atoms with van der Waals surface area (Å²) < 4.78 is 28.1. The van der Waals surface area contributed by atoms with Crippen molar-refractivity contribution in [2.24, 2.45) is 0 Å². The number of hydrogen-bond acceptors (Lipinski definition) is 16. The van der Waals surface area contributed by atoms with Gasteiger partial charge in [0.25, 0.3) is 0 Å². The van der Waals surface area contributed by atoms with Crippen LogP contribution in [0.15, 0.2) is 35.2 Å². The lowest BCUT2D eigenvalue weighted by Gasteiger charge is -2.48. The van der Waals surface area contributed by atoms with Gasteiger partial charge >= 0.3 is 0 Å². The third kappa shape index (κ3) is 6.63. The largest absolute Gasteiger partial charge is 0.394 e. The lowest BCUT2D eigenvalue weighted by atomic mass is 9.96. The van der Waals surface area contributed by atoms with E-state index in [1.165, 1.54) is 0 Å². The van der Waals surface area contributed by atoms with Crippen molar-refractivity contribution in [1.82, 2.24) is 0 Å². The van der Waals surface area contributed by atoms with E-state index in [4.69, 9.17) is 23.7 Å². The molecule has 3 aliphatic heterocycles. The average Bonchev–Trinajstić information content (AvgIpc) is 2.96. The molecule has 15 nitrogen and oxygen atoms in total. The molecule has 0 spiro atoms. The number of benzene rings is 1. The summed E-state index contributed by atoms with van der Waals surface area (Å²) >= 11 is 1.09. The highest BCUT2D eigenvalue weighted by Gasteiger charge is 2.54. The summed E-state index contributed by atoms with van der Waals surface area (Å²) in [7, 11) is 0. The van der Waals surface area contributed by atoms with Gasteiger partial charge in [-0.15, -0.1) is 0 Å². The van der Waals surface area contributed by atoms with E-state index in [-0.39, 0.29) is 0 Å². The number of rotatable bonds is 9. The number of thioether (sulfide) groups is 1. The van der Waals surface area contributed by atoms with Crippen LogP contribution >= 0.6 is 11.8 Å². The molecule has 3 heterocycles. The molecular weight excluding hydrogens is 560 g/mol. The molecule has 1 aromatic rings. The van der Waals surface area contributed by atoms with Gasteiger partial charge < -0.3 is 74.7 Å². The van der Waals surface area contributed by atoms with Crippen LogP contribution in [0.2, 0.25) is 0 Å². The maximum Gasteiger partial charge on any atom is 0.187 e. The van der Waals surface area contributed by atoms with Gasteiger partial charge in [-0.3, -0.25) is 0 Å². The van der Waals surface area contributed by atoms with Crippen molar-refractivity contribution in [1.29, 1.82) is 0 Å². The maximum atomic E-state index is 11.1. The molecule has 0 aromatic heterocycles. The molecule has 0 bridgehead atoms. The second-order valence-electron chi connectivity index (χ2n) is 9.74. The van der Waals surface area contributed by atoms with Gasteiger partial charge in [0.05, 0.1) is 19.8 Å². The molecule has 0 saturated carbocycles. The minimum absolute atomic E-state index is 0.642. The minimum atomic E-state index is -1.87. The quantitative estimate of drug-likeness (QED) is 0.128. The van der Waals surface area contributed by atoms with E-state index in [9.17, 15) is 51.1 Å². The number of hydrogen-bond donors (Lipinski definition) is 10. The Hall–Kier alpha value is -1.03. The van der Waals surface area contributed by atoms with Crippen molar-refractivity contribution >= 4 is 11.8 Å². The molecule has 16 heteroatoms. The summed E-state index contributed by atoms with van der Waals surface area (Å²) in [5.74, 6) is 0. The number of ether oxygens (including phenoxy) is 5. The topological polar surface area (TPSA) is 248 Å².